The van der Waals surface area contributed by atoms with E-state index in [1.165, 1.54) is 12.8 Å². The van der Waals surface area contributed by atoms with Crippen LogP contribution in [0.2, 0.25) is 0 Å². The van der Waals surface area contributed by atoms with Crippen molar-refractivity contribution in [2.24, 2.45) is 11.3 Å². The summed E-state index contributed by atoms with van der Waals surface area (Å²) in [5.41, 5.74) is 0.319. The molecule has 0 amide bonds. The molecule has 2 fully saturated rings. The first-order chi connectivity index (χ1) is 4.37. The Morgan fingerprint density at radius 3 is 2.10 bits per heavy atom. The van der Waals surface area contributed by atoms with E-state index in [1.54, 1.807) is 0 Å². The van der Waals surface area contributed by atoms with Crippen LogP contribution in [0.3, 0.4) is 0 Å². The van der Waals surface area contributed by atoms with E-state index in [4.69, 9.17) is 5.11 Å². The lowest BCUT2D eigenvalue weighted by Gasteiger charge is -2.41. The van der Waals surface area contributed by atoms with Crippen LogP contribution in [-0.4, -0.2) is 24.8 Å². The van der Waals surface area contributed by atoms with Gasteiger partial charge >= 0.3 is 0 Å². The van der Waals surface area contributed by atoms with Crippen molar-refractivity contribution in [3.05, 3.63) is 0 Å². The monoisotopic (exact) mass is 163 g/mol. The van der Waals surface area contributed by atoms with Gasteiger partial charge in [0.05, 0.1) is 6.61 Å². The molecule has 0 aromatic heterocycles. The van der Waals surface area contributed by atoms with Gasteiger partial charge in [0.15, 0.2) is 0 Å². The van der Waals surface area contributed by atoms with Crippen LogP contribution >= 0.6 is 12.4 Å². The third-order valence-electron chi connectivity index (χ3n) is 2.71. The molecular weight excluding hydrogens is 150 g/mol. The number of hydrogen-bond donors (Lipinski definition) is 2. The van der Waals surface area contributed by atoms with Gasteiger partial charge in [-0.05, 0) is 18.8 Å². The van der Waals surface area contributed by atoms with Crippen molar-refractivity contribution >= 4 is 12.4 Å². The second-order valence-electron chi connectivity index (χ2n) is 3.40. The van der Waals surface area contributed by atoms with Crippen molar-refractivity contribution in [3.63, 3.8) is 0 Å². The highest BCUT2D eigenvalue weighted by molar-refractivity contribution is 5.85. The highest BCUT2D eigenvalue weighted by atomic mass is 35.5. The first kappa shape index (κ1) is 8.31. The highest BCUT2D eigenvalue weighted by Gasteiger charge is 2.48. The average molecular weight is 164 g/mol. The number of aliphatic hydroxyl groups excluding tert-OH is 1. The summed E-state index contributed by atoms with van der Waals surface area (Å²) in [5, 5.41) is 12.2. The topological polar surface area (TPSA) is 32.3 Å². The Morgan fingerprint density at radius 1 is 1.40 bits per heavy atom. The van der Waals surface area contributed by atoms with Gasteiger partial charge in [0.25, 0.3) is 0 Å². The standard InChI is InChI=1S/C7H13NO.ClH/c9-5-7(3-8-4-7)6-1-2-6;/h6,8-9H,1-5H2;1H. The van der Waals surface area contributed by atoms with E-state index in [1.807, 2.05) is 0 Å². The minimum Gasteiger partial charge on any atom is -0.396 e. The third kappa shape index (κ3) is 1.04. The van der Waals surface area contributed by atoms with Gasteiger partial charge in [-0.3, -0.25) is 0 Å². The normalized spacial score (nSPS) is 28.5. The highest BCUT2D eigenvalue weighted by Crippen LogP contribution is 2.47. The molecule has 60 valence electrons. The van der Waals surface area contributed by atoms with Gasteiger partial charge in [-0.25, -0.2) is 0 Å². The maximum Gasteiger partial charge on any atom is 0.0514 e. The molecule has 3 heteroatoms. The van der Waals surface area contributed by atoms with Crippen molar-refractivity contribution in [1.82, 2.24) is 5.32 Å². The minimum atomic E-state index is 0. The maximum absolute atomic E-state index is 9.01. The Hall–Kier alpha value is 0.210. The smallest absolute Gasteiger partial charge is 0.0514 e. The molecule has 2 N–H and O–H groups in total. The van der Waals surface area contributed by atoms with Gasteiger partial charge in [0.2, 0.25) is 0 Å². The molecule has 10 heavy (non-hydrogen) atoms. The van der Waals surface area contributed by atoms with Gasteiger partial charge in [-0.1, -0.05) is 0 Å². The van der Waals surface area contributed by atoms with Crippen LogP contribution < -0.4 is 5.32 Å². The molecule has 0 unspecified atom stereocenters. The summed E-state index contributed by atoms with van der Waals surface area (Å²) in [6.07, 6.45) is 2.70. The second kappa shape index (κ2) is 2.68. The number of rotatable bonds is 2. The quantitative estimate of drug-likeness (QED) is 0.618. The van der Waals surface area contributed by atoms with Gasteiger partial charge < -0.3 is 10.4 Å². The summed E-state index contributed by atoms with van der Waals surface area (Å²) in [7, 11) is 0. The van der Waals surface area contributed by atoms with Crippen LogP contribution in [0.25, 0.3) is 0 Å². The Morgan fingerprint density at radius 2 is 2.00 bits per heavy atom. The molecule has 0 bridgehead atoms. The van der Waals surface area contributed by atoms with E-state index in [9.17, 15) is 0 Å². The van der Waals surface area contributed by atoms with E-state index < -0.39 is 0 Å². The van der Waals surface area contributed by atoms with E-state index in [0.29, 0.717) is 12.0 Å². The SMILES string of the molecule is Cl.OCC1(C2CC2)CNC1. The van der Waals surface area contributed by atoms with Crippen molar-refractivity contribution in [2.45, 2.75) is 12.8 Å². The number of halogens is 1. The van der Waals surface area contributed by atoms with Crippen LogP contribution in [0.1, 0.15) is 12.8 Å². The fraction of sp³-hybridized carbons (Fsp3) is 1.00. The Kier molecular flexibility index (Phi) is 2.23. The number of hydrogen-bond acceptors (Lipinski definition) is 2. The van der Waals surface area contributed by atoms with Crippen LogP contribution in [0.15, 0.2) is 0 Å². The molecule has 2 nitrogen and oxygen atoms in total. The fourth-order valence-electron chi connectivity index (χ4n) is 1.67. The Labute approximate surface area is 67.4 Å². The molecule has 0 atom stereocenters. The molecule has 0 radical (unpaired) electrons. The summed E-state index contributed by atoms with van der Waals surface area (Å²) in [6, 6.07) is 0. The summed E-state index contributed by atoms with van der Waals surface area (Å²) < 4.78 is 0. The maximum atomic E-state index is 9.01. The molecule has 2 aliphatic rings. The molecular formula is C7H14ClNO. The van der Waals surface area contributed by atoms with Crippen molar-refractivity contribution in [3.8, 4) is 0 Å². The zero-order chi connectivity index (χ0) is 6.32. The van der Waals surface area contributed by atoms with Crippen LogP contribution in [0.5, 0.6) is 0 Å². The predicted octanol–water partition coefficient (Wildman–Crippen LogP) is 0.400. The van der Waals surface area contributed by atoms with Crippen molar-refractivity contribution in [1.29, 1.82) is 0 Å². The minimum absolute atomic E-state index is 0. The number of aliphatic hydroxyl groups is 1. The lowest BCUT2D eigenvalue weighted by molar-refractivity contribution is 0.0467. The summed E-state index contributed by atoms with van der Waals surface area (Å²) >= 11 is 0. The average Bonchev–Trinajstić information content (AvgIpc) is 2.47. The molecule has 1 aliphatic heterocycles. The van der Waals surface area contributed by atoms with E-state index in [2.05, 4.69) is 5.32 Å². The molecule has 0 aromatic rings. The van der Waals surface area contributed by atoms with Crippen LogP contribution in [-0.2, 0) is 0 Å². The molecule has 0 aromatic carbocycles. The van der Waals surface area contributed by atoms with Crippen LogP contribution in [0, 0.1) is 11.3 Å². The second-order valence-corrected chi connectivity index (χ2v) is 3.40. The Bertz CT molecular complexity index is 115. The van der Waals surface area contributed by atoms with E-state index >= 15 is 0 Å². The third-order valence-corrected chi connectivity index (χ3v) is 2.71. The van der Waals surface area contributed by atoms with Gasteiger partial charge in [-0.15, -0.1) is 12.4 Å². The zero-order valence-electron chi connectivity index (χ0n) is 5.97. The summed E-state index contributed by atoms with van der Waals surface area (Å²) in [5.74, 6) is 0.851. The molecule has 1 heterocycles. The lowest BCUT2D eigenvalue weighted by Crippen LogP contribution is -2.57. The van der Waals surface area contributed by atoms with Gasteiger partial charge in [0, 0.05) is 18.5 Å². The van der Waals surface area contributed by atoms with Gasteiger partial charge in [0.1, 0.15) is 0 Å². The molecule has 0 spiro atoms. The predicted molar refractivity (Wildman–Crippen MR) is 42.4 cm³/mol. The Balaban J connectivity index is 0.000000500. The first-order valence-corrected chi connectivity index (χ1v) is 3.69. The largest absolute Gasteiger partial charge is 0.396 e. The summed E-state index contributed by atoms with van der Waals surface area (Å²) in [4.78, 5) is 0. The van der Waals surface area contributed by atoms with Crippen molar-refractivity contribution < 1.29 is 5.11 Å². The molecule has 2 rings (SSSR count). The van der Waals surface area contributed by atoms with Gasteiger partial charge in [-0.2, -0.15) is 0 Å². The fourth-order valence-corrected chi connectivity index (χ4v) is 1.67. The van der Waals surface area contributed by atoms with Crippen molar-refractivity contribution in [2.75, 3.05) is 19.7 Å². The molecule has 1 aliphatic carbocycles. The first-order valence-electron chi connectivity index (χ1n) is 3.69. The lowest BCUT2D eigenvalue weighted by atomic mass is 9.78. The molecule has 1 saturated carbocycles. The molecule has 1 saturated heterocycles. The van der Waals surface area contributed by atoms with E-state index in [-0.39, 0.29) is 12.4 Å². The zero-order valence-corrected chi connectivity index (χ0v) is 6.78. The summed E-state index contributed by atoms with van der Waals surface area (Å²) in [6.45, 7) is 2.49. The number of nitrogens with one attached hydrogen (secondary N) is 1. The van der Waals surface area contributed by atoms with Crippen LogP contribution in [0.4, 0.5) is 0 Å². The van der Waals surface area contributed by atoms with E-state index in [0.717, 1.165) is 19.0 Å².